The zero-order chi connectivity index (χ0) is 28.8. The lowest BCUT2D eigenvalue weighted by Gasteiger charge is -2.34. The van der Waals surface area contributed by atoms with E-state index in [-0.39, 0.29) is 6.54 Å². The molecule has 38 heavy (non-hydrogen) atoms. The second-order valence-corrected chi connectivity index (χ2v) is 10.6. The van der Waals surface area contributed by atoms with Crippen molar-refractivity contribution >= 4 is 41.1 Å². The lowest BCUT2D eigenvalue weighted by molar-refractivity contribution is -0.141. The minimum absolute atomic E-state index is 0.0939. The molecule has 2 rings (SSSR count). The number of benzene rings is 2. The minimum atomic E-state index is -1.34. The Kier molecular flexibility index (Phi) is 10.3. The van der Waals surface area contributed by atoms with Gasteiger partial charge in [-0.2, -0.15) is 0 Å². The number of carbonyl (C=O) groups is 4. The van der Waals surface area contributed by atoms with Gasteiger partial charge in [-0.15, -0.1) is 0 Å². The van der Waals surface area contributed by atoms with Gasteiger partial charge in [0.05, 0.1) is 17.1 Å². The maximum atomic E-state index is 13.8. The summed E-state index contributed by atoms with van der Waals surface area (Å²) >= 11 is 6.36. The van der Waals surface area contributed by atoms with Crippen LogP contribution in [0.4, 0.5) is 10.5 Å². The summed E-state index contributed by atoms with van der Waals surface area (Å²) in [5.74, 6) is -1.96. The van der Waals surface area contributed by atoms with Crippen LogP contribution in [0.3, 0.4) is 0 Å². The van der Waals surface area contributed by atoms with Crippen LogP contribution in [-0.4, -0.2) is 46.9 Å². The third-order valence-corrected chi connectivity index (χ3v) is 6.21. The van der Waals surface area contributed by atoms with Gasteiger partial charge in [-0.05, 0) is 76.8 Å². The Balaban J connectivity index is 2.54. The van der Waals surface area contributed by atoms with Crippen molar-refractivity contribution in [3.63, 3.8) is 0 Å². The van der Waals surface area contributed by atoms with Gasteiger partial charge in [0.1, 0.15) is 17.7 Å². The molecule has 0 saturated heterocycles. The molecular formula is C28H37ClN4O5. The molecule has 0 aliphatic heterocycles. The highest BCUT2D eigenvalue weighted by Gasteiger charge is 2.36. The van der Waals surface area contributed by atoms with E-state index >= 15 is 0 Å². The number of nitrogens with two attached hydrogens (primary N) is 1. The molecule has 0 heterocycles. The van der Waals surface area contributed by atoms with E-state index in [1.165, 1.54) is 4.90 Å². The van der Waals surface area contributed by atoms with Crippen molar-refractivity contribution in [1.29, 1.82) is 0 Å². The summed E-state index contributed by atoms with van der Waals surface area (Å²) in [6, 6.07) is 8.26. The Morgan fingerprint density at radius 3 is 2.21 bits per heavy atom. The Morgan fingerprint density at radius 1 is 1.03 bits per heavy atom. The number of ether oxygens (including phenoxy) is 1. The number of hydrogen-bond acceptors (Lipinski definition) is 5. The number of para-hydroxylation sites is 1. The molecule has 2 aromatic carbocycles. The lowest BCUT2D eigenvalue weighted by atomic mass is 9.98. The summed E-state index contributed by atoms with van der Waals surface area (Å²) in [5.41, 5.74) is 8.25. The fourth-order valence-corrected chi connectivity index (χ4v) is 4.18. The van der Waals surface area contributed by atoms with E-state index < -0.39 is 47.9 Å². The fourth-order valence-electron chi connectivity index (χ4n) is 3.91. The van der Waals surface area contributed by atoms with Crippen LogP contribution in [0, 0.1) is 20.8 Å². The standard InChI is InChI=1S/C28H37ClN4O5/c1-8-33(26(36)21(15-22(30)34)31-27(37)38-28(5,6)7)24(19-13-12-16(2)18(4)14-19)25(35)32-23-17(3)10-9-11-20(23)29/h9-14,21,24H,8,15H2,1-7H3,(H2,30,34)(H,31,37)(H,32,35). The highest BCUT2D eigenvalue weighted by Crippen LogP contribution is 2.30. The highest BCUT2D eigenvalue weighted by molar-refractivity contribution is 6.34. The first-order valence-corrected chi connectivity index (χ1v) is 12.7. The summed E-state index contributed by atoms with van der Waals surface area (Å²) in [5, 5.41) is 5.66. The van der Waals surface area contributed by atoms with Crippen LogP contribution in [0.25, 0.3) is 0 Å². The number of anilines is 1. The molecule has 10 heteroatoms. The first kappa shape index (κ1) is 30.6. The van der Waals surface area contributed by atoms with Gasteiger partial charge >= 0.3 is 6.09 Å². The third kappa shape index (κ3) is 8.21. The average Bonchev–Trinajstić information content (AvgIpc) is 2.79. The molecule has 4 N–H and O–H groups in total. The third-order valence-electron chi connectivity index (χ3n) is 5.90. The van der Waals surface area contributed by atoms with Crippen LogP contribution in [0.1, 0.15) is 62.4 Å². The van der Waals surface area contributed by atoms with Gasteiger partial charge in [-0.25, -0.2) is 4.79 Å². The van der Waals surface area contributed by atoms with Gasteiger partial charge in [0.15, 0.2) is 0 Å². The molecule has 0 aliphatic rings. The molecule has 0 saturated carbocycles. The van der Waals surface area contributed by atoms with E-state index in [1.807, 2.05) is 39.0 Å². The molecule has 0 aromatic heterocycles. The van der Waals surface area contributed by atoms with E-state index in [9.17, 15) is 19.2 Å². The van der Waals surface area contributed by atoms with Crippen molar-refractivity contribution in [2.45, 2.75) is 72.6 Å². The molecular weight excluding hydrogens is 508 g/mol. The number of carbonyl (C=O) groups excluding carboxylic acids is 4. The van der Waals surface area contributed by atoms with E-state index in [0.29, 0.717) is 16.3 Å². The van der Waals surface area contributed by atoms with Crippen LogP contribution in [0.2, 0.25) is 5.02 Å². The summed E-state index contributed by atoms with van der Waals surface area (Å²) in [6.07, 6.45) is -1.36. The maximum absolute atomic E-state index is 13.8. The van der Waals surface area contributed by atoms with Crippen molar-refractivity contribution in [3.8, 4) is 0 Å². The molecule has 0 radical (unpaired) electrons. The Labute approximate surface area is 229 Å². The number of nitrogens with zero attached hydrogens (tertiary/aromatic N) is 1. The number of aryl methyl sites for hydroxylation is 3. The van der Waals surface area contributed by atoms with Crippen molar-refractivity contribution in [2.75, 3.05) is 11.9 Å². The Bertz CT molecular complexity index is 1190. The van der Waals surface area contributed by atoms with Gasteiger partial charge in [-0.1, -0.05) is 41.9 Å². The number of alkyl carbamates (subject to hydrolysis) is 1. The van der Waals surface area contributed by atoms with Crippen molar-refractivity contribution in [2.24, 2.45) is 5.73 Å². The van der Waals surface area contributed by atoms with Crippen LogP contribution in [0.5, 0.6) is 0 Å². The fraction of sp³-hybridized carbons (Fsp3) is 0.429. The quantitative estimate of drug-likeness (QED) is 0.426. The van der Waals surface area contributed by atoms with Crippen LogP contribution in [-0.2, 0) is 19.1 Å². The molecule has 0 aliphatic carbocycles. The van der Waals surface area contributed by atoms with Gasteiger partial charge < -0.3 is 26.0 Å². The number of amides is 4. The zero-order valence-corrected chi connectivity index (χ0v) is 23.7. The predicted molar refractivity (Wildman–Crippen MR) is 148 cm³/mol. The normalized spacial score (nSPS) is 12.7. The van der Waals surface area contributed by atoms with Gasteiger partial charge in [0.2, 0.25) is 11.8 Å². The number of primary amides is 1. The van der Waals surface area contributed by atoms with Gasteiger partial charge in [0, 0.05) is 6.54 Å². The average molecular weight is 545 g/mol. The molecule has 0 spiro atoms. The number of rotatable bonds is 9. The maximum Gasteiger partial charge on any atom is 0.408 e. The topological polar surface area (TPSA) is 131 Å². The summed E-state index contributed by atoms with van der Waals surface area (Å²) in [7, 11) is 0. The summed E-state index contributed by atoms with van der Waals surface area (Å²) in [4.78, 5) is 53.2. The molecule has 0 fully saturated rings. The lowest BCUT2D eigenvalue weighted by Crippen LogP contribution is -2.53. The number of hydrogen-bond donors (Lipinski definition) is 3. The van der Waals surface area contributed by atoms with Crippen LogP contribution >= 0.6 is 11.6 Å². The highest BCUT2D eigenvalue weighted by atomic mass is 35.5. The van der Waals surface area contributed by atoms with Gasteiger partial charge in [0.25, 0.3) is 5.91 Å². The number of halogens is 1. The Hall–Kier alpha value is -3.59. The first-order chi connectivity index (χ1) is 17.6. The first-order valence-electron chi connectivity index (χ1n) is 12.4. The zero-order valence-electron chi connectivity index (χ0n) is 23.0. The molecule has 206 valence electrons. The van der Waals surface area contributed by atoms with E-state index in [1.54, 1.807) is 45.9 Å². The van der Waals surface area contributed by atoms with Crippen molar-refractivity contribution < 1.29 is 23.9 Å². The predicted octanol–water partition coefficient (Wildman–Crippen LogP) is 4.56. The molecule has 4 amide bonds. The number of likely N-dealkylation sites (N-methyl/N-ethyl adjacent to an activating group) is 1. The molecule has 2 aromatic rings. The molecule has 2 atom stereocenters. The number of nitrogens with one attached hydrogen (secondary N) is 2. The van der Waals surface area contributed by atoms with E-state index in [2.05, 4.69) is 10.6 Å². The van der Waals surface area contributed by atoms with E-state index in [4.69, 9.17) is 22.1 Å². The van der Waals surface area contributed by atoms with Crippen molar-refractivity contribution in [1.82, 2.24) is 10.2 Å². The van der Waals surface area contributed by atoms with Crippen molar-refractivity contribution in [3.05, 3.63) is 63.7 Å². The molecule has 0 bridgehead atoms. The minimum Gasteiger partial charge on any atom is -0.444 e. The largest absolute Gasteiger partial charge is 0.444 e. The van der Waals surface area contributed by atoms with Crippen LogP contribution in [0.15, 0.2) is 36.4 Å². The van der Waals surface area contributed by atoms with Crippen LogP contribution < -0.4 is 16.4 Å². The Morgan fingerprint density at radius 2 is 1.68 bits per heavy atom. The summed E-state index contributed by atoms with van der Waals surface area (Å²) < 4.78 is 5.27. The monoisotopic (exact) mass is 544 g/mol. The second kappa shape index (κ2) is 12.8. The molecule has 2 unspecified atom stereocenters. The summed E-state index contributed by atoms with van der Waals surface area (Å²) in [6.45, 7) is 12.5. The van der Waals surface area contributed by atoms with E-state index in [0.717, 1.165) is 16.7 Å². The second-order valence-electron chi connectivity index (χ2n) is 10.2. The molecule has 9 nitrogen and oxygen atoms in total. The van der Waals surface area contributed by atoms with Gasteiger partial charge in [-0.3, -0.25) is 14.4 Å². The smallest absolute Gasteiger partial charge is 0.408 e. The SMILES string of the molecule is CCN(C(=O)C(CC(N)=O)NC(=O)OC(C)(C)C)C(C(=O)Nc1c(C)cccc1Cl)c1ccc(C)c(C)c1.